The van der Waals surface area contributed by atoms with Crippen molar-refractivity contribution < 1.29 is 17.9 Å². The van der Waals surface area contributed by atoms with Crippen LogP contribution in [0, 0.1) is 13.8 Å². The standard InChI is InChI=1S/C20H26N2O4S/c1-5-12-21-20(23)14-22(18-13-16(3)8-11-19(18)26-4)27(24,25)17-9-6-15(2)7-10-17/h6-11,13H,5,12,14H2,1-4H3,(H,21,23). The van der Waals surface area contributed by atoms with E-state index in [1.54, 1.807) is 36.4 Å². The zero-order valence-electron chi connectivity index (χ0n) is 16.2. The highest BCUT2D eigenvalue weighted by Crippen LogP contribution is 2.33. The molecule has 0 spiro atoms. The van der Waals surface area contributed by atoms with Crippen LogP contribution < -0.4 is 14.4 Å². The van der Waals surface area contributed by atoms with Gasteiger partial charge in [0.15, 0.2) is 0 Å². The largest absolute Gasteiger partial charge is 0.495 e. The summed E-state index contributed by atoms with van der Waals surface area (Å²) in [6, 6.07) is 11.8. The van der Waals surface area contributed by atoms with Crippen molar-refractivity contribution in [3.63, 3.8) is 0 Å². The second-order valence-corrected chi connectivity index (χ2v) is 8.21. The Morgan fingerprint density at radius 3 is 2.30 bits per heavy atom. The van der Waals surface area contributed by atoms with Crippen LogP contribution in [0.5, 0.6) is 5.75 Å². The summed E-state index contributed by atoms with van der Waals surface area (Å²) in [5.41, 5.74) is 2.16. The van der Waals surface area contributed by atoms with Crippen LogP contribution in [-0.4, -0.2) is 34.5 Å². The number of rotatable bonds is 8. The maximum Gasteiger partial charge on any atom is 0.264 e. The molecule has 0 atom stereocenters. The molecule has 0 aliphatic carbocycles. The van der Waals surface area contributed by atoms with E-state index in [1.165, 1.54) is 7.11 Å². The monoisotopic (exact) mass is 390 g/mol. The highest BCUT2D eigenvalue weighted by molar-refractivity contribution is 7.92. The third-order valence-electron chi connectivity index (χ3n) is 4.07. The minimum atomic E-state index is -3.95. The third-order valence-corrected chi connectivity index (χ3v) is 5.85. The number of aryl methyl sites for hydroxylation is 2. The minimum absolute atomic E-state index is 0.125. The van der Waals surface area contributed by atoms with Gasteiger partial charge < -0.3 is 10.1 Å². The Kier molecular flexibility index (Phi) is 6.85. The summed E-state index contributed by atoms with van der Waals surface area (Å²) in [7, 11) is -2.47. The third kappa shape index (κ3) is 5.01. The molecule has 0 saturated heterocycles. The van der Waals surface area contributed by atoms with Crippen LogP contribution in [0.3, 0.4) is 0 Å². The Morgan fingerprint density at radius 2 is 1.70 bits per heavy atom. The van der Waals surface area contributed by atoms with Gasteiger partial charge in [0.25, 0.3) is 10.0 Å². The topological polar surface area (TPSA) is 75.7 Å². The first-order valence-corrected chi connectivity index (χ1v) is 10.2. The Hall–Kier alpha value is -2.54. The Bertz CT molecular complexity index is 893. The number of nitrogens with one attached hydrogen (secondary N) is 1. The molecular weight excluding hydrogens is 364 g/mol. The molecule has 6 nitrogen and oxygen atoms in total. The molecular formula is C20H26N2O4S. The van der Waals surface area contributed by atoms with E-state index < -0.39 is 10.0 Å². The second-order valence-electron chi connectivity index (χ2n) is 6.35. The fourth-order valence-corrected chi connectivity index (χ4v) is 4.01. The molecule has 1 amide bonds. The molecule has 0 saturated carbocycles. The predicted octanol–water partition coefficient (Wildman–Crippen LogP) is 3.03. The first-order chi connectivity index (χ1) is 12.8. The number of hydrogen-bond acceptors (Lipinski definition) is 4. The van der Waals surface area contributed by atoms with Gasteiger partial charge in [-0.2, -0.15) is 0 Å². The lowest BCUT2D eigenvalue weighted by atomic mass is 10.2. The highest BCUT2D eigenvalue weighted by Gasteiger charge is 2.29. The Morgan fingerprint density at radius 1 is 1.07 bits per heavy atom. The van der Waals surface area contributed by atoms with Gasteiger partial charge in [0, 0.05) is 6.54 Å². The number of carbonyl (C=O) groups is 1. The van der Waals surface area contributed by atoms with Gasteiger partial charge in [-0.25, -0.2) is 8.42 Å². The van der Waals surface area contributed by atoms with E-state index in [0.717, 1.165) is 21.9 Å². The van der Waals surface area contributed by atoms with Crippen molar-refractivity contribution >= 4 is 21.6 Å². The normalized spacial score (nSPS) is 11.1. The molecule has 1 N–H and O–H groups in total. The van der Waals surface area contributed by atoms with Crippen LogP contribution in [0.4, 0.5) is 5.69 Å². The van der Waals surface area contributed by atoms with Crippen LogP contribution in [0.25, 0.3) is 0 Å². The lowest BCUT2D eigenvalue weighted by Gasteiger charge is -2.26. The van der Waals surface area contributed by atoms with E-state index in [-0.39, 0.29) is 17.3 Å². The van der Waals surface area contributed by atoms with Gasteiger partial charge in [-0.3, -0.25) is 9.10 Å². The van der Waals surface area contributed by atoms with Crippen molar-refractivity contribution in [2.24, 2.45) is 0 Å². The van der Waals surface area contributed by atoms with Gasteiger partial charge in [0.2, 0.25) is 5.91 Å². The van der Waals surface area contributed by atoms with E-state index in [4.69, 9.17) is 4.74 Å². The van der Waals surface area contributed by atoms with Gasteiger partial charge in [0.05, 0.1) is 17.7 Å². The molecule has 0 heterocycles. The summed E-state index contributed by atoms with van der Waals surface area (Å²) in [6.45, 7) is 5.84. The van der Waals surface area contributed by atoms with Crippen LogP contribution in [0.1, 0.15) is 24.5 Å². The molecule has 0 aliphatic heterocycles. The highest BCUT2D eigenvalue weighted by atomic mass is 32.2. The average Bonchev–Trinajstić information content (AvgIpc) is 2.64. The number of methoxy groups -OCH3 is 1. The molecule has 2 aromatic rings. The maximum absolute atomic E-state index is 13.3. The fourth-order valence-electron chi connectivity index (χ4n) is 2.58. The van der Waals surface area contributed by atoms with Gasteiger partial charge in [-0.1, -0.05) is 30.7 Å². The maximum atomic E-state index is 13.3. The molecule has 2 rings (SSSR count). The summed E-state index contributed by atoms with van der Waals surface area (Å²) in [4.78, 5) is 12.5. The molecule has 2 aromatic carbocycles. The fraction of sp³-hybridized carbons (Fsp3) is 0.350. The lowest BCUT2D eigenvalue weighted by Crippen LogP contribution is -2.41. The number of amides is 1. The number of hydrogen-bond donors (Lipinski definition) is 1. The summed E-state index contributed by atoms with van der Waals surface area (Å²) in [5, 5.41) is 2.73. The zero-order chi connectivity index (χ0) is 20.0. The van der Waals surface area contributed by atoms with Gasteiger partial charge in [-0.15, -0.1) is 0 Å². The molecule has 146 valence electrons. The summed E-state index contributed by atoms with van der Waals surface area (Å²) >= 11 is 0. The Balaban J connectivity index is 2.54. The predicted molar refractivity (Wildman–Crippen MR) is 107 cm³/mol. The number of ether oxygens (including phenoxy) is 1. The lowest BCUT2D eigenvalue weighted by molar-refractivity contribution is -0.119. The summed E-state index contributed by atoms with van der Waals surface area (Å²) in [5.74, 6) is 0.0238. The molecule has 7 heteroatoms. The van der Waals surface area contributed by atoms with E-state index in [2.05, 4.69) is 5.32 Å². The van der Waals surface area contributed by atoms with Gasteiger partial charge in [-0.05, 0) is 50.1 Å². The molecule has 0 aliphatic rings. The van der Waals surface area contributed by atoms with Crippen molar-refractivity contribution in [3.05, 3.63) is 53.6 Å². The van der Waals surface area contributed by atoms with E-state index in [1.807, 2.05) is 26.8 Å². The molecule has 27 heavy (non-hydrogen) atoms. The number of carbonyl (C=O) groups excluding carboxylic acids is 1. The molecule has 0 radical (unpaired) electrons. The second kappa shape index (κ2) is 8.90. The molecule has 0 unspecified atom stereocenters. The van der Waals surface area contributed by atoms with Crippen molar-refractivity contribution in [3.8, 4) is 5.75 Å². The number of nitrogens with zero attached hydrogens (tertiary/aromatic N) is 1. The number of anilines is 1. The smallest absolute Gasteiger partial charge is 0.264 e. The van der Waals surface area contributed by atoms with Crippen LogP contribution >= 0.6 is 0 Å². The molecule has 0 fully saturated rings. The van der Waals surface area contributed by atoms with E-state index in [9.17, 15) is 13.2 Å². The van der Waals surface area contributed by atoms with E-state index in [0.29, 0.717) is 18.0 Å². The molecule has 0 aromatic heterocycles. The van der Waals surface area contributed by atoms with Crippen LogP contribution in [0.15, 0.2) is 47.4 Å². The van der Waals surface area contributed by atoms with Gasteiger partial charge >= 0.3 is 0 Å². The number of benzene rings is 2. The van der Waals surface area contributed by atoms with Crippen LogP contribution in [-0.2, 0) is 14.8 Å². The first-order valence-electron chi connectivity index (χ1n) is 8.80. The Labute approximate surface area is 161 Å². The summed E-state index contributed by atoms with van der Waals surface area (Å²) in [6.07, 6.45) is 0.768. The van der Waals surface area contributed by atoms with Crippen molar-refractivity contribution in [2.75, 3.05) is 24.5 Å². The number of sulfonamides is 1. The first kappa shape index (κ1) is 20.8. The van der Waals surface area contributed by atoms with E-state index >= 15 is 0 Å². The van der Waals surface area contributed by atoms with Crippen LogP contribution in [0.2, 0.25) is 0 Å². The minimum Gasteiger partial charge on any atom is -0.495 e. The quantitative estimate of drug-likeness (QED) is 0.752. The SMILES string of the molecule is CCCNC(=O)CN(c1cc(C)ccc1OC)S(=O)(=O)c1ccc(C)cc1. The zero-order valence-corrected chi connectivity index (χ0v) is 17.0. The van der Waals surface area contributed by atoms with Gasteiger partial charge in [0.1, 0.15) is 12.3 Å². The van der Waals surface area contributed by atoms with Crippen molar-refractivity contribution in [2.45, 2.75) is 32.1 Å². The van der Waals surface area contributed by atoms with Crippen molar-refractivity contribution in [1.29, 1.82) is 0 Å². The van der Waals surface area contributed by atoms with Crippen molar-refractivity contribution in [1.82, 2.24) is 5.32 Å². The average molecular weight is 391 g/mol. The summed E-state index contributed by atoms with van der Waals surface area (Å²) < 4.78 is 33.1. The molecule has 0 bridgehead atoms.